The molecule has 0 radical (unpaired) electrons. The average Bonchev–Trinajstić information content (AvgIpc) is 2.45. The maximum Gasteiger partial charge on any atom is 0.269 e. The van der Waals surface area contributed by atoms with E-state index in [0.717, 1.165) is 0 Å². The number of benzene rings is 1. The molecular weight excluding hydrogens is 276 g/mol. The molecule has 2 amide bonds. The molecule has 0 heterocycles. The Labute approximate surface area is 120 Å². The van der Waals surface area contributed by atoms with Gasteiger partial charge < -0.3 is 5.32 Å². The zero-order chi connectivity index (χ0) is 15.7. The molecule has 0 aliphatic heterocycles. The van der Waals surface area contributed by atoms with Crippen LogP contribution in [0, 0.1) is 10.1 Å². The van der Waals surface area contributed by atoms with Crippen molar-refractivity contribution in [3.05, 3.63) is 52.6 Å². The van der Waals surface area contributed by atoms with E-state index in [4.69, 9.17) is 0 Å². The summed E-state index contributed by atoms with van der Waals surface area (Å²) in [7, 11) is 0. The van der Waals surface area contributed by atoms with Crippen LogP contribution in [0.5, 0.6) is 0 Å². The normalized spacial score (nSPS) is 10.1. The van der Waals surface area contributed by atoms with E-state index in [1.54, 1.807) is 0 Å². The number of amides is 2. The first kappa shape index (κ1) is 16.0. The Morgan fingerprint density at radius 3 is 2.52 bits per heavy atom. The Hall–Kier alpha value is -3.03. The molecule has 8 nitrogen and oxygen atoms in total. The minimum Gasteiger partial charge on any atom is -0.352 e. The average molecular weight is 290 g/mol. The van der Waals surface area contributed by atoms with Gasteiger partial charge in [-0.2, -0.15) is 5.10 Å². The molecule has 0 unspecified atom stereocenters. The highest BCUT2D eigenvalue weighted by Crippen LogP contribution is 2.10. The van der Waals surface area contributed by atoms with Crippen molar-refractivity contribution in [3.8, 4) is 0 Å². The van der Waals surface area contributed by atoms with Gasteiger partial charge in [0, 0.05) is 18.7 Å². The summed E-state index contributed by atoms with van der Waals surface area (Å²) in [5, 5.41) is 16.6. The predicted octanol–water partition coefficient (Wildman–Crippen LogP) is 0.737. The zero-order valence-electron chi connectivity index (χ0n) is 11.1. The summed E-state index contributed by atoms with van der Waals surface area (Å²) in [5.74, 6) is -0.993. The van der Waals surface area contributed by atoms with Gasteiger partial charge in [0.1, 0.15) is 6.42 Å². The van der Waals surface area contributed by atoms with Crippen molar-refractivity contribution in [1.29, 1.82) is 0 Å². The van der Waals surface area contributed by atoms with Gasteiger partial charge in [-0.15, -0.1) is 6.58 Å². The second kappa shape index (κ2) is 8.20. The standard InChI is InChI=1S/C13H14N4O4/c1-2-7-14-12(18)8-13(19)16-15-9-10-3-5-11(6-4-10)17(20)21/h2-6,9H,1,7-8H2,(H,14,18)(H,16,19)/b15-9+. The number of hydrogen-bond acceptors (Lipinski definition) is 5. The van der Waals surface area contributed by atoms with E-state index in [2.05, 4.69) is 22.4 Å². The molecule has 1 aromatic rings. The lowest BCUT2D eigenvalue weighted by Gasteiger charge is -2.00. The van der Waals surface area contributed by atoms with Crippen LogP contribution in [-0.2, 0) is 9.59 Å². The molecule has 21 heavy (non-hydrogen) atoms. The van der Waals surface area contributed by atoms with E-state index in [1.807, 2.05) is 0 Å². The van der Waals surface area contributed by atoms with Gasteiger partial charge in [0.05, 0.1) is 11.1 Å². The van der Waals surface area contributed by atoms with E-state index in [-0.39, 0.29) is 18.7 Å². The number of carbonyl (C=O) groups is 2. The Kier molecular flexibility index (Phi) is 6.26. The summed E-state index contributed by atoms with van der Waals surface area (Å²) in [6.07, 6.45) is 2.48. The Balaban J connectivity index is 2.43. The van der Waals surface area contributed by atoms with Crippen molar-refractivity contribution in [2.75, 3.05) is 6.54 Å². The van der Waals surface area contributed by atoms with Crippen molar-refractivity contribution in [1.82, 2.24) is 10.7 Å². The summed E-state index contributed by atoms with van der Waals surface area (Å²) in [6.45, 7) is 3.72. The van der Waals surface area contributed by atoms with Crippen molar-refractivity contribution in [2.24, 2.45) is 5.10 Å². The first-order valence-corrected chi connectivity index (χ1v) is 5.97. The Morgan fingerprint density at radius 1 is 1.29 bits per heavy atom. The summed E-state index contributed by atoms with van der Waals surface area (Å²) in [4.78, 5) is 32.5. The number of carbonyl (C=O) groups excluding carboxylic acids is 2. The predicted molar refractivity (Wildman–Crippen MR) is 76.7 cm³/mol. The van der Waals surface area contributed by atoms with Crippen molar-refractivity contribution < 1.29 is 14.5 Å². The van der Waals surface area contributed by atoms with Crippen LogP contribution in [-0.4, -0.2) is 29.5 Å². The van der Waals surface area contributed by atoms with Gasteiger partial charge in [-0.05, 0) is 17.7 Å². The Bertz CT molecular complexity index is 566. The number of hydrazone groups is 1. The number of nitrogens with one attached hydrogen (secondary N) is 2. The smallest absolute Gasteiger partial charge is 0.269 e. The van der Waals surface area contributed by atoms with Crippen LogP contribution in [0.15, 0.2) is 42.0 Å². The van der Waals surface area contributed by atoms with Gasteiger partial charge in [0.15, 0.2) is 0 Å². The second-order valence-corrected chi connectivity index (χ2v) is 3.91. The molecule has 2 N–H and O–H groups in total. The van der Waals surface area contributed by atoms with Gasteiger partial charge >= 0.3 is 0 Å². The highest BCUT2D eigenvalue weighted by atomic mass is 16.6. The quantitative estimate of drug-likeness (QED) is 0.253. The number of nitrogens with zero attached hydrogens (tertiary/aromatic N) is 2. The van der Waals surface area contributed by atoms with Gasteiger partial charge in [-0.25, -0.2) is 5.43 Å². The molecule has 0 aliphatic carbocycles. The van der Waals surface area contributed by atoms with Gasteiger partial charge in [-0.1, -0.05) is 6.08 Å². The summed E-state index contributed by atoms with van der Waals surface area (Å²) < 4.78 is 0. The molecular formula is C13H14N4O4. The van der Waals surface area contributed by atoms with E-state index in [0.29, 0.717) is 5.56 Å². The largest absolute Gasteiger partial charge is 0.352 e. The number of non-ortho nitro benzene ring substituents is 1. The van der Waals surface area contributed by atoms with Crippen LogP contribution < -0.4 is 10.7 Å². The minimum absolute atomic E-state index is 0.0323. The number of nitro groups is 1. The monoisotopic (exact) mass is 290 g/mol. The molecule has 1 rings (SSSR count). The van der Waals surface area contributed by atoms with Crippen molar-refractivity contribution in [3.63, 3.8) is 0 Å². The molecule has 1 aromatic carbocycles. The fraction of sp³-hybridized carbons (Fsp3) is 0.154. The fourth-order valence-electron chi connectivity index (χ4n) is 1.29. The number of rotatable bonds is 7. The highest BCUT2D eigenvalue weighted by molar-refractivity contribution is 5.97. The maximum atomic E-state index is 11.3. The second-order valence-electron chi connectivity index (χ2n) is 3.91. The maximum absolute atomic E-state index is 11.3. The lowest BCUT2D eigenvalue weighted by molar-refractivity contribution is -0.384. The zero-order valence-corrected chi connectivity index (χ0v) is 11.1. The molecule has 0 aromatic heterocycles. The molecule has 0 atom stereocenters. The molecule has 0 spiro atoms. The summed E-state index contributed by atoms with van der Waals surface area (Å²) in [5.41, 5.74) is 2.73. The number of nitro benzene ring substituents is 1. The topological polar surface area (TPSA) is 114 Å². The van der Waals surface area contributed by atoms with Crippen LogP contribution in [0.2, 0.25) is 0 Å². The SMILES string of the molecule is C=CCNC(=O)CC(=O)N/N=C/c1ccc([N+](=O)[O-])cc1. The molecule has 0 aliphatic rings. The first-order chi connectivity index (χ1) is 10.0. The summed E-state index contributed by atoms with van der Waals surface area (Å²) >= 11 is 0. The van der Waals surface area contributed by atoms with Crippen molar-refractivity contribution >= 4 is 23.7 Å². The van der Waals surface area contributed by atoms with E-state index >= 15 is 0 Å². The lowest BCUT2D eigenvalue weighted by Crippen LogP contribution is -2.29. The van der Waals surface area contributed by atoms with Crippen LogP contribution in [0.25, 0.3) is 0 Å². The number of hydrogen-bond donors (Lipinski definition) is 2. The van der Waals surface area contributed by atoms with Crippen LogP contribution >= 0.6 is 0 Å². The third kappa shape index (κ3) is 6.10. The van der Waals surface area contributed by atoms with Gasteiger partial charge in [0.2, 0.25) is 11.8 Å². The van der Waals surface area contributed by atoms with Gasteiger partial charge in [-0.3, -0.25) is 19.7 Å². The van der Waals surface area contributed by atoms with E-state index < -0.39 is 16.7 Å². The van der Waals surface area contributed by atoms with Crippen LogP contribution in [0.4, 0.5) is 5.69 Å². The molecule has 0 fully saturated rings. The fourth-order valence-corrected chi connectivity index (χ4v) is 1.29. The Morgan fingerprint density at radius 2 is 1.95 bits per heavy atom. The molecule has 0 saturated carbocycles. The molecule has 110 valence electrons. The third-order valence-electron chi connectivity index (χ3n) is 2.27. The lowest BCUT2D eigenvalue weighted by atomic mass is 10.2. The van der Waals surface area contributed by atoms with Crippen LogP contribution in [0.1, 0.15) is 12.0 Å². The highest BCUT2D eigenvalue weighted by Gasteiger charge is 2.07. The van der Waals surface area contributed by atoms with Crippen molar-refractivity contribution in [2.45, 2.75) is 6.42 Å². The van der Waals surface area contributed by atoms with Gasteiger partial charge in [0.25, 0.3) is 5.69 Å². The third-order valence-corrected chi connectivity index (χ3v) is 2.27. The van der Waals surface area contributed by atoms with E-state index in [1.165, 1.54) is 36.6 Å². The summed E-state index contributed by atoms with van der Waals surface area (Å²) in [6, 6.07) is 5.63. The van der Waals surface area contributed by atoms with Crippen LogP contribution in [0.3, 0.4) is 0 Å². The minimum atomic E-state index is -0.560. The first-order valence-electron chi connectivity index (χ1n) is 5.97. The van der Waals surface area contributed by atoms with E-state index in [9.17, 15) is 19.7 Å². The molecule has 0 bridgehead atoms. The molecule has 0 saturated heterocycles. The molecule has 8 heteroatoms.